The predicted molar refractivity (Wildman–Crippen MR) is 70.4 cm³/mol. The number of nitrogens with one attached hydrogen (secondary N) is 1. The third kappa shape index (κ3) is 2.44. The summed E-state index contributed by atoms with van der Waals surface area (Å²) < 4.78 is 2.03. The first-order valence-corrected chi connectivity index (χ1v) is 6.67. The maximum absolute atomic E-state index is 12.3. The number of hydrogen-bond acceptors (Lipinski definition) is 2. The van der Waals surface area contributed by atoms with Crippen LogP contribution in [0, 0.1) is 0 Å². The van der Waals surface area contributed by atoms with E-state index < -0.39 is 0 Å². The first-order chi connectivity index (χ1) is 8.27. The predicted octanol–water partition coefficient (Wildman–Crippen LogP) is 1.86. The molecular weight excluding hydrogens is 212 g/mol. The lowest BCUT2D eigenvalue weighted by molar-refractivity contribution is 0.583. The molecule has 0 fully saturated rings. The molecule has 3 nitrogen and oxygen atoms in total. The van der Waals surface area contributed by atoms with Crippen LogP contribution in [0.1, 0.15) is 43.0 Å². The third-order valence-corrected chi connectivity index (χ3v) is 3.53. The van der Waals surface area contributed by atoms with Gasteiger partial charge in [-0.1, -0.05) is 13.3 Å². The van der Waals surface area contributed by atoms with Gasteiger partial charge in [-0.2, -0.15) is 0 Å². The maximum atomic E-state index is 12.3. The van der Waals surface area contributed by atoms with Crippen LogP contribution in [0.25, 0.3) is 0 Å². The van der Waals surface area contributed by atoms with Crippen LogP contribution in [0.2, 0.25) is 0 Å². The number of unbranched alkanes of at least 4 members (excludes halogenated alkanes) is 1. The first kappa shape index (κ1) is 12.4. The molecule has 0 amide bonds. The Morgan fingerprint density at radius 2 is 2.24 bits per heavy atom. The van der Waals surface area contributed by atoms with Gasteiger partial charge in [0.25, 0.3) is 5.56 Å². The zero-order valence-electron chi connectivity index (χ0n) is 10.9. The third-order valence-electron chi connectivity index (χ3n) is 3.53. The molecule has 17 heavy (non-hydrogen) atoms. The van der Waals surface area contributed by atoms with Crippen molar-refractivity contribution < 1.29 is 0 Å². The molecular formula is C14H22N2O. The van der Waals surface area contributed by atoms with Gasteiger partial charge in [-0.05, 0) is 44.4 Å². The molecule has 0 saturated heterocycles. The summed E-state index contributed by atoms with van der Waals surface area (Å²) in [6.45, 7) is 3.73. The van der Waals surface area contributed by atoms with E-state index >= 15 is 0 Å². The van der Waals surface area contributed by atoms with Gasteiger partial charge in [-0.3, -0.25) is 4.79 Å². The second-order valence-corrected chi connectivity index (χ2v) is 4.84. The average molecular weight is 234 g/mol. The van der Waals surface area contributed by atoms with E-state index in [4.69, 9.17) is 0 Å². The molecule has 1 aliphatic carbocycles. The molecule has 0 radical (unpaired) electrons. The van der Waals surface area contributed by atoms with Gasteiger partial charge in [0.1, 0.15) is 0 Å². The van der Waals surface area contributed by atoms with Crippen molar-refractivity contribution in [3.8, 4) is 0 Å². The van der Waals surface area contributed by atoms with E-state index in [1.807, 2.05) is 11.6 Å². The van der Waals surface area contributed by atoms with Gasteiger partial charge in [-0.25, -0.2) is 0 Å². The van der Waals surface area contributed by atoms with E-state index in [0.29, 0.717) is 6.54 Å². The van der Waals surface area contributed by atoms with Crippen LogP contribution in [-0.4, -0.2) is 11.6 Å². The second kappa shape index (κ2) is 5.50. The Labute approximate surface area is 103 Å². The average Bonchev–Trinajstić information content (AvgIpc) is 2.77. The highest BCUT2D eigenvalue weighted by Gasteiger charge is 2.18. The van der Waals surface area contributed by atoms with Gasteiger partial charge < -0.3 is 9.88 Å². The van der Waals surface area contributed by atoms with Crippen molar-refractivity contribution in [1.29, 1.82) is 0 Å². The Kier molecular flexibility index (Phi) is 4.00. The molecule has 1 heterocycles. The van der Waals surface area contributed by atoms with E-state index in [9.17, 15) is 4.79 Å². The summed E-state index contributed by atoms with van der Waals surface area (Å²) in [5.74, 6) is 0. The number of pyridine rings is 1. The molecule has 0 aromatic carbocycles. The number of nitrogens with zero attached hydrogens (tertiary/aromatic N) is 1. The normalized spacial score (nSPS) is 14.0. The summed E-state index contributed by atoms with van der Waals surface area (Å²) in [5, 5.41) is 3.09. The number of aryl methyl sites for hydroxylation is 1. The smallest absolute Gasteiger partial charge is 0.255 e. The zero-order valence-corrected chi connectivity index (χ0v) is 10.9. The number of hydrogen-bond donors (Lipinski definition) is 1. The summed E-state index contributed by atoms with van der Waals surface area (Å²) in [5.41, 5.74) is 3.83. The summed E-state index contributed by atoms with van der Waals surface area (Å²) in [6.07, 6.45) is 5.64. The van der Waals surface area contributed by atoms with E-state index in [2.05, 4.69) is 18.3 Å². The number of aromatic nitrogens is 1. The summed E-state index contributed by atoms with van der Waals surface area (Å²) in [6, 6.07) is 2.11. The maximum Gasteiger partial charge on any atom is 0.255 e. The van der Waals surface area contributed by atoms with Crippen LogP contribution >= 0.6 is 0 Å². The molecule has 0 bridgehead atoms. The standard InChI is InChI=1S/C14H22N2O/c1-3-4-8-16-13-7-5-6-11(13)9-12(10-15-2)14(16)17/h9,15H,3-8,10H2,1-2H3. The number of rotatable bonds is 5. The van der Waals surface area contributed by atoms with E-state index in [1.54, 1.807) is 0 Å². The highest BCUT2D eigenvalue weighted by Crippen LogP contribution is 2.21. The van der Waals surface area contributed by atoms with Gasteiger partial charge in [0.05, 0.1) is 0 Å². The fraction of sp³-hybridized carbons (Fsp3) is 0.643. The van der Waals surface area contributed by atoms with Crippen LogP contribution in [0.5, 0.6) is 0 Å². The molecule has 0 aliphatic heterocycles. The van der Waals surface area contributed by atoms with Crippen molar-refractivity contribution >= 4 is 0 Å². The van der Waals surface area contributed by atoms with Crippen molar-refractivity contribution in [1.82, 2.24) is 9.88 Å². The minimum Gasteiger partial charge on any atom is -0.315 e. The largest absolute Gasteiger partial charge is 0.315 e. The Morgan fingerprint density at radius 3 is 2.94 bits per heavy atom. The van der Waals surface area contributed by atoms with Crippen molar-refractivity contribution in [2.24, 2.45) is 0 Å². The lowest BCUT2D eigenvalue weighted by Crippen LogP contribution is -2.29. The first-order valence-electron chi connectivity index (χ1n) is 6.67. The molecule has 0 saturated carbocycles. The molecule has 1 aromatic heterocycles. The van der Waals surface area contributed by atoms with Gasteiger partial charge in [0.2, 0.25) is 0 Å². The molecule has 3 heteroatoms. The highest BCUT2D eigenvalue weighted by molar-refractivity contribution is 5.30. The van der Waals surface area contributed by atoms with E-state index in [1.165, 1.54) is 17.7 Å². The summed E-state index contributed by atoms with van der Waals surface area (Å²) >= 11 is 0. The zero-order chi connectivity index (χ0) is 12.3. The minimum absolute atomic E-state index is 0.216. The van der Waals surface area contributed by atoms with Crippen molar-refractivity contribution in [3.05, 3.63) is 33.2 Å². The minimum atomic E-state index is 0.216. The fourth-order valence-corrected chi connectivity index (χ4v) is 2.65. The van der Waals surface area contributed by atoms with Crippen molar-refractivity contribution in [2.75, 3.05) is 7.05 Å². The Bertz CT molecular complexity index is 448. The van der Waals surface area contributed by atoms with Crippen LogP contribution < -0.4 is 10.9 Å². The Balaban J connectivity index is 2.42. The van der Waals surface area contributed by atoms with Gasteiger partial charge in [0.15, 0.2) is 0 Å². The van der Waals surface area contributed by atoms with Gasteiger partial charge >= 0.3 is 0 Å². The second-order valence-electron chi connectivity index (χ2n) is 4.84. The molecule has 0 unspecified atom stereocenters. The molecule has 1 aromatic rings. The number of fused-ring (bicyclic) bond motifs is 1. The molecule has 1 N–H and O–H groups in total. The van der Waals surface area contributed by atoms with Crippen LogP contribution in [0.4, 0.5) is 0 Å². The van der Waals surface area contributed by atoms with Crippen LogP contribution in [-0.2, 0) is 25.9 Å². The lowest BCUT2D eigenvalue weighted by atomic mass is 10.1. The van der Waals surface area contributed by atoms with Crippen molar-refractivity contribution in [2.45, 2.75) is 52.1 Å². The van der Waals surface area contributed by atoms with E-state index in [-0.39, 0.29) is 5.56 Å². The van der Waals surface area contributed by atoms with Crippen molar-refractivity contribution in [3.63, 3.8) is 0 Å². The summed E-state index contributed by atoms with van der Waals surface area (Å²) in [4.78, 5) is 12.3. The van der Waals surface area contributed by atoms with Gasteiger partial charge in [0, 0.05) is 24.3 Å². The monoisotopic (exact) mass is 234 g/mol. The Hall–Kier alpha value is -1.09. The molecule has 0 atom stereocenters. The molecule has 0 spiro atoms. The Morgan fingerprint density at radius 1 is 1.41 bits per heavy atom. The summed E-state index contributed by atoms with van der Waals surface area (Å²) in [7, 11) is 1.89. The SMILES string of the molecule is CCCCn1c2c(cc(CNC)c1=O)CCC2. The molecule has 1 aliphatic rings. The highest BCUT2D eigenvalue weighted by atomic mass is 16.1. The van der Waals surface area contributed by atoms with E-state index in [0.717, 1.165) is 37.8 Å². The van der Waals surface area contributed by atoms with Gasteiger partial charge in [-0.15, -0.1) is 0 Å². The topological polar surface area (TPSA) is 34.0 Å². The van der Waals surface area contributed by atoms with Crippen LogP contribution in [0.3, 0.4) is 0 Å². The molecule has 94 valence electrons. The fourth-order valence-electron chi connectivity index (χ4n) is 2.65. The lowest BCUT2D eigenvalue weighted by Gasteiger charge is -2.14. The molecule has 2 rings (SSSR count). The quantitative estimate of drug-likeness (QED) is 0.843. The van der Waals surface area contributed by atoms with Crippen LogP contribution in [0.15, 0.2) is 10.9 Å².